The fraction of sp³-hybridized carbons (Fsp3) is 0.591. The number of alkyl halides is 2. The number of nitrogens with one attached hydrogen (secondary N) is 1. The minimum absolute atomic E-state index is 0.255. The molecule has 1 saturated heterocycles. The van der Waals surface area contributed by atoms with E-state index in [9.17, 15) is 26.8 Å². The zero-order chi connectivity index (χ0) is 24.1. The number of hydrogen-bond acceptors (Lipinski definition) is 5. The van der Waals surface area contributed by atoms with Crippen LogP contribution in [-0.4, -0.2) is 55.4 Å². The third kappa shape index (κ3) is 5.63. The van der Waals surface area contributed by atoms with Gasteiger partial charge in [0.2, 0.25) is 11.8 Å². The Hall–Kier alpha value is -2.54. The van der Waals surface area contributed by atoms with Gasteiger partial charge >= 0.3 is 0 Å². The average molecular weight is 470 g/mol. The van der Waals surface area contributed by atoms with E-state index in [1.54, 1.807) is 6.07 Å². The van der Waals surface area contributed by atoms with Gasteiger partial charge in [0.05, 0.1) is 16.2 Å². The number of likely N-dealkylation sites (tertiary alicyclic amines) is 1. The molecule has 10 heteroatoms. The summed E-state index contributed by atoms with van der Waals surface area (Å²) in [7, 11) is -4.36. The van der Waals surface area contributed by atoms with Gasteiger partial charge in [-0.15, -0.1) is 0 Å². The van der Waals surface area contributed by atoms with Crippen LogP contribution in [0.5, 0.6) is 0 Å². The van der Waals surface area contributed by atoms with Crippen LogP contribution < -0.4 is 5.32 Å². The highest BCUT2D eigenvalue weighted by Crippen LogP contribution is 2.37. The first-order valence-electron chi connectivity index (χ1n) is 10.5. The van der Waals surface area contributed by atoms with E-state index in [0.717, 1.165) is 31.4 Å². The van der Waals surface area contributed by atoms with E-state index in [2.05, 4.69) is 18.5 Å². The monoisotopic (exact) mass is 469 g/mol. The van der Waals surface area contributed by atoms with E-state index in [4.69, 9.17) is 5.26 Å². The highest BCUT2D eigenvalue weighted by molar-refractivity contribution is 7.96. The van der Waals surface area contributed by atoms with E-state index in [1.807, 2.05) is 0 Å². The Labute approximate surface area is 187 Å². The van der Waals surface area contributed by atoms with Gasteiger partial charge in [-0.3, -0.25) is 9.59 Å². The van der Waals surface area contributed by atoms with Crippen LogP contribution in [0.3, 0.4) is 0 Å². The second-order valence-electron chi connectivity index (χ2n) is 8.25. The van der Waals surface area contributed by atoms with Crippen molar-refractivity contribution in [2.45, 2.75) is 62.7 Å². The van der Waals surface area contributed by atoms with Gasteiger partial charge in [0, 0.05) is 25.0 Å². The molecule has 0 radical (unpaired) electrons. The summed E-state index contributed by atoms with van der Waals surface area (Å²) in [6, 6.07) is 0.670. The SMILES string of the molecule is C=C/C=C(\C(=C)C(C)(F)F)S(=O)(=O)[C@@H]1C[C@@H](C(=O)NCC#N)N(C(=O)C2CCCCC2)C1. The van der Waals surface area contributed by atoms with Gasteiger partial charge in [-0.25, -0.2) is 17.2 Å². The van der Waals surface area contributed by atoms with Crippen LogP contribution >= 0.6 is 0 Å². The molecule has 0 unspecified atom stereocenters. The van der Waals surface area contributed by atoms with Crippen LogP contribution in [0.2, 0.25) is 0 Å². The number of rotatable bonds is 8. The van der Waals surface area contributed by atoms with E-state index >= 15 is 0 Å². The molecule has 32 heavy (non-hydrogen) atoms. The van der Waals surface area contributed by atoms with E-state index in [-0.39, 0.29) is 31.3 Å². The summed E-state index contributed by atoms with van der Waals surface area (Å²) < 4.78 is 54.4. The van der Waals surface area contributed by atoms with Crippen LogP contribution in [0.15, 0.2) is 35.8 Å². The summed E-state index contributed by atoms with van der Waals surface area (Å²) in [6.45, 7) is 6.63. The molecule has 1 saturated carbocycles. The van der Waals surface area contributed by atoms with Crippen molar-refractivity contribution in [3.8, 4) is 6.07 Å². The zero-order valence-corrected chi connectivity index (χ0v) is 19.0. The Morgan fingerprint density at radius 3 is 2.44 bits per heavy atom. The molecule has 176 valence electrons. The minimum atomic E-state index is -4.36. The Morgan fingerprint density at radius 1 is 1.28 bits per heavy atom. The number of nitrogens with zero attached hydrogens (tertiary/aromatic N) is 2. The number of carbonyl (C=O) groups excluding carboxylic acids is 2. The molecule has 0 aromatic heterocycles. The van der Waals surface area contributed by atoms with Crippen molar-refractivity contribution in [1.82, 2.24) is 10.2 Å². The quantitative estimate of drug-likeness (QED) is 0.435. The average Bonchev–Trinajstić information content (AvgIpc) is 3.21. The van der Waals surface area contributed by atoms with Crippen LogP contribution in [0.1, 0.15) is 45.4 Å². The highest BCUT2D eigenvalue weighted by atomic mass is 32.2. The molecule has 2 fully saturated rings. The Morgan fingerprint density at radius 2 is 1.91 bits per heavy atom. The fourth-order valence-electron chi connectivity index (χ4n) is 4.21. The molecule has 1 heterocycles. The summed E-state index contributed by atoms with van der Waals surface area (Å²) >= 11 is 0. The first-order valence-corrected chi connectivity index (χ1v) is 12.1. The zero-order valence-electron chi connectivity index (χ0n) is 18.1. The normalized spacial score (nSPS) is 22.8. The summed E-state index contributed by atoms with van der Waals surface area (Å²) in [5, 5.41) is 9.86. The smallest absolute Gasteiger partial charge is 0.271 e. The second kappa shape index (κ2) is 10.4. The molecule has 0 spiro atoms. The molecule has 1 N–H and O–H groups in total. The Kier molecular flexibility index (Phi) is 8.35. The first kappa shape index (κ1) is 25.7. The number of halogens is 2. The Bertz CT molecular complexity index is 941. The number of amides is 2. The Balaban J connectivity index is 2.39. The summed E-state index contributed by atoms with van der Waals surface area (Å²) in [4.78, 5) is 26.4. The number of sulfone groups is 1. The lowest BCUT2D eigenvalue weighted by Gasteiger charge is -2.29. The van der Waals surface area contributed by atoms with Gasteiger partial charge < -0.3 is 10.2 Å². The van der Waals surface area contributed by atoms with Crippen LogP contribution in [0.4, 0.5) is 8.78 Å². The fourth-order valence-corrected chi connectivity index (χ4v) is 6.17. The van der Waals surface area contributed by atoms with Crippen molar-refractivity contribution in [3.63, 3.8) is 0 Å². The molecule has 2 atom stereocenters. The predicted octanol–water partition coefficient (Wildman–Crippen LogP) is 2.87. The van der Waals surface area contributed by atoms with Crippen molar-refractivity contribution < 1.29 is 26.8 Å². The van der Waals surface area contributed by atoms with Gasteiger partial charge in [-0.1, -0.05) is 38.5 Å². The molecule has 1 aliphatic carbocycles. The van der Waals surface area contributed by atoms with Crippen molar-refractivity contribution in [2.24, 2.45) is 5.92 Å². The lowest BCUT2D eigenvalue weighted by molar-refractivity contribution is -0.142. The number of allylic oxidation sites excluding steroid dienone is 3. The number of hydrogen-bond donors (Lipinski definition) is 1. The van der Waals surface area contributed by atoms with Gasteiger partial charge in [-0.2, -0.15) is 5.26 Å². The third-order valence-electron chi connectivity index (χ3n) is 5.99. The van der Waals surface area contributed by atoms with Crippen molar-refractivity contribution >= 4 is 21.7 Å². The maximum Gasteiger partial charge on any atom is 0.271 e. The van der Waals surface area contributed by atoms with Crippen molar-refractivity contribution in [1.29, 1.82) is 5.26 Å². The number of carbonyl (C=O) groups is 2. The highest BCUT2D eigenvalue weighted by Gasteiger charge is 2.48. The van der Waals surface area contributed by atoms with Crippen LogP contribution in [0, 0.1) is 17.2 Å². The van der Waals surface area contributed by atoms with E-state index in [0.29, 0.717) is 19.8 Å². The molecule has 0 aromatic rings. The molecule has 2 amide bonds. The van der Waals surface area contributed by atoms with Gasteiger partial charge in [-0.05, 0) is 25.3 Å². The number of nitriles is 1. The molecule has 0 aromatic carbocycles. The minimum Gasteiger partial charge on any atom is -0.341 e. The second-order valence-corrected chi connectivity index (χ2v) is 10.5. The molecule has 1 aliphatic heterocycles. The van der Waals surface area contributed by atoms with Crippen LogP contribution in [0.25, 0.3) is 0 Å². The topological polar surface area (TPSA) is 107 Å². The van der Waals surface area contributed by atoms with E-state index < -0.39 is 43.4 Å². The van der Waals surface area contributed by atoms with E-state index in [1.165, 1.54) is 4.90 Å². The molecular weight excluding hydrogens is 440 g/mol. The summed E-state index contributed by atoms with van der Waals surface area (Å²) in [5.41, 5.74) is -0.875. The van der Waals surface area contributed by atoms with Crippen molar-refractivity contribution in [2.75, 3.05) is 13.1 Å². The van der Waals surface area contributed by atoms with Crippen LogP contribution in [-0.2, 0) is 19.4 Å². The van der Waals surface area contributed by atoms with Gasteiger partial charge in [0.1, 0.15) is 12.6 Å². The summed E-state index contributed by atoms with van der Waals surface area (Å²) in [5.74, 6) is -4.74. The molecule has 2 aliphatic rings. The largest absolute Gasteiger partial charge is 0.341 e. The summed E-state index contributed by atoms with van der Waals surface area (Å²) in [6.07, 6.45) is 5.85. The molecule has 2 rings (SSSR count). The van der Waals surface area contributed by atoms with Crippen molar-refractivity contribution in [3.05, 3.63) is 35.8 Å². The predicted molar refractivity (Wildman–Crippen MR) is 116 cm³/mol. The molecule has 0 bridgehead atoms. The first-order chi connectivity index (χ1) is 14.9. The maximum atomic E-state index is 13.9. The third-order valence-corrected chi connectivity index (χ3v) is 8.20. The molecular formula is C22H29F2N3O4S. The lowest BCUT2D eigenvalue weighted by atomic mass is 9.88. The van der Waals surface area contributed by atoms with Gasteiger partial charge in [0.15, 0.2) is 9.84 Å². The maximum absolute atomic E-state index is 13.9. The lowest BCUT2D eigenvalue weighted by Crippen LogP contribution is -2.48. The van der Waals surface area contributed by atoms with Gasteiger partial charge in [0.25, 0.3) is 5.92 Å². The standard InChI is InChI=1S/C22H29F2N3O4S/c1-4-8-19(15(2)22(3,23)24)32(30,31)17-13-18(20(28)26-12-11-25)27(14-17)21(29)16-9-6-5-7-10-16/h4,8,16-18H,1-2,5-7,9-10,12-14H2,3H3,(H,26,28)/b19-8+/t17-,18+/m1/s1. The molecule has 7 nitrogen and oxygen atoms in total.